The molecule has 0 atom stereocenters. The SMILES string of the molecule is Cc1cccc(N)c1NC(=O)CN1CCC(CO)CC1. The predicted molar refractivity (Wildman–Crippen MR) is 80.5 cm³/mol. The average Bonchev–Trinajstić information content (AvgIpc) is 2.44. The molecule has 4 N–H and O–H groups in total. The molecule has 0 aromatic heterocycles. The highest BCUT2D eigenvalue weighted by atomic mass is 16.3. The first-order chi connectivity index (χ1) is 9.60. The highest BCUT2D eigenvalue weighted by Crippen LogP contribution is 2.22. The minimum Gasteiger partial charge on any atom is -0.397 e. The second kappa shape index (κ2) is 6.72. The molecule has 20 heavy (non-hydrogen) atoms. The van der Waals surface area contributed by atoms with Crippen molar-refractivity contribution in [3.8, 4) is 0 Å². The molecule has 1 aromatic carbocycles. The van der Waals surface area contributed by atoms with E-state index in [1.165, 1.54) is 0 Å². The Balaban J connectivity index is 1.87. The standard InChI is InChI=1S/C15H23N3O2/c1-11-3-2-4-13(16)15(11)17-14(20)9-18-7-5-12(10-19)6-8-18/h2-4,12,19H,5-10,16H2,1H3,(H,17,20). The van der Waals surface area contributed by atoms with Crippen molar-refractivity contribution in [1.82, 2.24) is 4.90 Å². The van der Waals surface area contributed by atoms with Crippen molar-refractivity contribution < 1.29 is 9.90 Å². The van der Waals surface area contributed by atoms with Gasteiger partial charge < -0.3 is 16.2 Å². The summed E-state index contributed by atoms with van der Waals surface area (Å²) in [5.74, 6) is 0.356. The fourth-order valence-corrected chi connectivity index (χ4v) is 2.57. The van der Waals surface area contributed by atoms with E-state index in [1.807, 2.05) is 19.1 Å². The number of aliphatic hydroxyl groups excluding tert-OH is 1. The first-order valence-electron chi connectivity index (χ1n) is 7.08. The maximum absolute atomic E-state index is 12.1. The first-order valence-corrected chi connectivity index (χ1v) is 7.08. The molecule has 5 nitrogen and oxygen atoms in total. The van der Waals surface area contributed by atoms with Crippen LogP contribution >= 0.6 is 0 Å². The molecular weight excluding hydrogens is 254 g/mol. The van der Waals surface area contributed by atoms with E-state index in [-0.39, 0.29) is 12.5 Å². The van der Waals surface area contributed by atoms with Gasteiger partial charge in [-0.05, 0) is 50.4 Å². The van der Waals surface area contributed by atoms with Crippen molar-refractivity contribution in [3.05, 3.63) is 23.8 Å². The topological polar surface area (TPSA) is 78.6 Å². The number of hydrogen-bond acceptors (Lipinski definition) is 4. The molecule has 5 heteroatoms. The number of rotatable bonds is 4. The number of carbonyl (C=O) groups excluding carboxylic acids is 1. The van der Waals surface area contributed by atoms with E-state index in [2.05, 4.69) is 10.2 Å². The van der Waals surface area contributed by atoms with Gasteiger partial charge >= 0.3 is 0 Å². The minimum absolute atomic E-state index is 0.0338. The largest absolute Gasteiger partial charge is 0.397 e. The lowest BCUT2D eigenvalue weighted by Gasteiger charge is -2.30. The quantitative estimate of drug-likeness (QED) is 0.723. The smallest absolute Gasteiger partial charge is 0.238 e. The lowest BCUT2D eigenvalue weighted by Crippen LogP contribution is -2.40. The summed E-state index contributed by atoms with van der Waals surface area (Å²) in [6.45, 7) is 4.29. The summed E-state index contributed by atoms with van der Waals surface area (Å²) in [4.78, 5) is 14.2. The van der Waals surface area contributed by atoms with Crippen LogP contribution in [0.5, 0.6) is 0 Å². The Kier molecular flexibility index (Phi) is 4.98. The van der Waals surface area contributed by atoms with Gasteiger partial charge in [0.2, 0.25) is 5.91 Å². The maximum Gasteiger partial charge on any atom is 0.238 e. The number of piperidine rings is 1. The van der Waals surface area contributed by atoms with Gasteiger partial charge in [0.05, 0.1) is 17.9 Å². The molecule has 0 spiro atoms. The third-order valence-electron chi connectivity index (χ3n) is 3.90. The zero-order valence-corrected chi connectivity index (χ0v) is 11.9. The van der Waals surface area contributed by atoms with Crippen molar-refractivity contribution in [2.75, 3.05) is 37.3 Å². The Bertz CT molecular complexity index is 448. The van der Waals surface area contributed by atoms with Crippen LogP contribution in [0.3, 0.4) is 0 Å². The van der Waals surface area contributed by atoms with Crippen LogP contribution in [-0.2, 0) is 4.79 Å². The number of aliphatic hydroxyl groups is 1. The number of para-hydroxylation sites is 1. The fourth-order valence-electron chi connectivity index (χ4n) is 2.57. The normalized spacial score (nSPS) is 17.1. The van der Waals surface area contributed by atoms with Gasteiger partial charge in [-0.2, -0.15) is 0 Å². The van der Waals surface area contributed by atoms with Crippen LogP contribution in [0.2, 0.25) is 0 Å². The van der Waals surface area contributed by atoms with Crippen molar-refractivity contribution in [3.63, 3.8) is 0 Å². The molecule has 0 unspecified atom stereocenters. The van der Waals surface area contributed by atoms with Gasteiger partial charge in [0.25, 0.3) is 0 Å². The van der Waals surface area contributed by atoms with E-state index in [9.17, 15) is 4.79 Å². The molecule has 110 valence electrons. The van der Waals surface area contributed by atoms with Crippen LogP contribution in [0.15, 0.2) is 18.2 Å². The summed E-state index contributed by atoms with van der Waals surface area (Å²) in [5.41, 5.74) is 8.16. The Morgan fingerprint density at radius 3 is 2.75 bits per heavy atom. The van der Waals surface area contributed by atoms with Crippen LogP contribution in [0, 0.1) is 12.8 Å². The molecular formula is C15H23N3O2. The molecule has 0 radical (unpaired) electrons. The summed E-state index contributed by atoms with van der Waals surface area (Å²) in [7, 11) is 0. The monoisotopic (exact) mass is 277 g/mol. The molecule has 0 aliphatic carbocycles. The molecule has 1 aliphatic heterocycles. The van der Waals surface area contributed by atoms with Crippen molar-refractivity contribution in [2.45, 2.75) is 19.8 Å². The molecule has 1 fully saturated rings. The van der Waals surface area contributed by atoms with Crippen LogP contribution in [0.25, 0.3) is 0 Å². The number of nitrogens with two attached hydrogens (primary N) is 1. The lowest BCUT2D eigenvalue weighted by molar-refractivity contribution is -0.117. The number of nitrogens with one attached hydrogen (secondary N) is 1. The number of aryl methyl sites for hydroxylation is 1. The number of carbonyl (C=O) groups is 1. The Morgan fingerprint density at radius 1 is 1.45 bits per heavy atom. The number of benzene rings is 1. The third-order valence-corrected chi connectivity index (χ3v) is 3.90. The van der Waals surface area contributed by atoms with Gasteiger partial charge in [-0.1, -0.05) is 12.1 Å². The van der Waals surface area contributed by atoms with Gasteiger partial charge in [-0.3, -0.25) is 9.69 Å². The molecule has 1 aliphatic rings. The summed E-state index contributed by atoms with van der Waals surface area (Å²) in [6.07, 6.45) is 1.91. The highest BCUT2D eigenvalue weighted by molar-refractivity contribution is 5.96. The number of nitrogens with zero attached hydrogens (tertiary/aromatic N) is 1. The van der Waals surface area contributed by atoms with Crippen LogP contribution < -0.4 is 11.1 Å². The maximum atomic E-state index is 12.1. The van der Waals surface area contributed by atoms with E-state index in [4.69, 9.17) is 10.8 Å². The number of amides is 1. The number of anilines is 2. The van der Waals surface area contributed by atoms with Crippen molar-refractivity contribution in [2.24, 2.45) is 5.92 Å². The first kappa shape index (κ1) is 14.8. The Morgan fingerprint density at radius 2 is 2.15 bits per heavy atom. The van der Waals surface area contributed by atoms with E-state index >= 15 is 0 Å². The second-order valence-corrected chi connectivity index (χ2v) is 5.49. The Labute approximate surface area is 119 Å². The minimum atomic E-state index is -0.0338. The molecule has 1 heterocycles. The molecule has 0 bridgehead atoms. The summed E-state index contributed by atoms with van der Waals surface area (Å²) in [6, 6.07) is 5.59. The summed E-state index contributed by atoms with van der Waals surface area (Å²) < 4.78 is 0. The van der Waals surface area contributed by atoms with Gasteiger partial charge in [-0.25, -0.2) is 0 Å². The van der Waals surface area contributed by atoms with Gasteiger partial charge in [-0.15, -0.1) is 0 Å². The van der Waals surface area contributed by atoms with E-state index in [1.54, 1.807) is 6.07 Å². The average molecular weight is 277 g/mol. The number of nitrogen functional groups attached to an aromatic ring is 1. The van der Waals surface area contributed by atoms with E-state index in [0.717, 1.165) is 31.5 Å². The van der Waals surface area contributed by atoms with E-state index < -0.39 is 0 Å². The Hall–Kier alpha value is -1.59. The van der Waals surface area contributed by atoms with Crippen LogP contribution in [-0.4, -0.2) is 42.2 Å². The third kappa shape index (κ3) is 3.71. The van der Waals surface area contributed by atoms with Gasteiger partial charge in [0.1, 0.15) is 0 Å². The second-order valence-electron chi connectivity index (χ2n) is 5.49. The number of hydrogen-bond donors (Lipinski definition) is 3. The fraction of sp³-hybridized carbons (Fsp3) is 0.533. The number of likely N-dealkylation sites (tertiary alicyclic amines) is 1. The molecule has 1 aromatic rings. The molecule has 0 saturated carbocycles. The zero-order valence-electron chi connectivity index (χ0n) is 11.9. The lowest BCUT2D eigenvalue weighted by atomic mass is 9.98. The van der Waals surface area contributed by atoms with Crippen LogP contribution in [0.4, 0.5) is 11.4 Å². The highest BCUT2D eigenvalue weighted by Gasteiger charge is 2.20. The summed E-state index contributed by atoms with van der Waals surface area (Å²) in [5, 5.41) is 12.0. The molecule has 1 amide bonds. The molecule has 1 saturated heterocycles. The summed E-state index contributed by atoms with van der Waals surface area (Å²) >= 11 is 0. The van der Waals surface area contributed by atoms with Gasteiger partial charge in [0.15, 0.2) is 0 Å². The predicted octanol–water partition coefficient (Wildman–Crippen LogP) is 1.22. The van der Waals surface area contributed by atoms with E-state index in [0.29, 0.717) is 23.8 Å². The zero-order chi connectivity index (χ0) is 14.5. The van der Waals surface area contributed by atoms with Crippen LogP contribution in [0.1, 0.15) is 18.4 Å². The molecule has 2 rings (SSSR count). The van der Waals surface area contributed by atoms with Crippen molar-refractivity contribution >= 4 is 17.3 Å². The van der Waals surface area contributed by atoms with Gasteiger partial charge in [0, 0.05) is 6.61 Å². The van der Waals surface area contributed by atoms with Crippen molar-refractivity contribution in [1.29, 1.82) is 0 Å².